The number of hydrogen-bond acceptors (Lipinski definition) is 4. The highest BCUT2D eigenvalue weighted by molar-refractivity contribution is 9.10. The van der Waals surface area contributed by atoms with Crippen molar-refractivity contribution >= 4 is 39.0 Å². The lowest BCUT2D eigenvalue weighted by molar-refractivity contribution is 0.577. The van der Waals surface area contributed by atoms with Crippen molar-refractivity contribution in [2.75, 3.05) is 5.75 Å². The minimum atomic E-state index is 0.297. The van der Waals surface area contributed by atoms with E-state index in [2.05, 4.69) is 53.6 Å². The summed E-state index contributed by atoms with van der Waals surface area (Å²) in [6.45, 7) is 6.69. The SMILES string of the molecule is CC(C)(C)SCC(Cc1cc(Br)cs1)NN. The van der Waals surface area contributed by atoms with E-state index in [0.29, 0.717) is 10.8 Å². The standard InChI is InChI=1S/C11H19BrN2S2/c1-11(2,3)16-7-9(14-13)5-10-4-8(12)6-15-10/h4,6,9,14H,5,7,13H2,1-3H3. The second-order valence-corrected chi connectivity index (χ2v) is 8.48. The van der Waals surface area contributed by atoms with Crippen molar-refractivity contribution in [3.05, 3.63) is 20.8 Å². The summed E-state index contributed by atoms with van der Waals surface area (Å²) in [5.74, 6) is 6.62. The second-order valence-electron chi connectivity index (χ2n) is 4.72. The number of thiophene rings is 1. The molecule has 3 N–H and O–H groups in total. The van der Waals surface area contributed by atoms with Crippen LogP contribution in [0.2, 0.25) is 0 Å². The van der Waals surface area contributed by atoms with Crippen molar-refractivity contribution in [1.29, 1.82) is 0 Å². The fraction of sp³-hybridized carbons (Fsp3) is 0.636. The number of hydrazine groups is 1. The van der Waals surface area contributed by atoms with Crippen molar-refractivity contribution in [1.82, 2.24) is 5.43 Å². The maximum atomic E-state index is 5.59. The Kier molecular flexibility index (Phi) is 5.81. The van der Waals surface area contributed by atoms with Gasteiger partial charge in [-0.3, -0.25) is 11.3 Å². The third-order valence-corrected chi connectivity index (χ3v) is 5.18. The average molecular weight is 323 g/mol. The normalized spacial score (nSPS) is 14.1. The molecule has 1 aromatic heterocycles. The minimum absolute atomic E-state index is 0.297. The van der Waals surface area contributed by atoms with Crippen LogP contribution < -0.4 is 11.3 Å². The molecule has 0 radical (unpaired) electrons. The van der Waals surface area contributed by atoms with E-state index in [1.165, 1.54) is 4.88 Å². The van der Waals surface area contributed by atoms with Crippen LogP contribution in [0.25, 0.3) is 0 Å². The molecule has 0 saturated carbocycles. The Hall–Kier alpha value is 0.450. The molecule has 0 saturated heterocycles. The van der Waals surface area contributed by atoms with E-state index in [1.807, 2.05) is 11.8 Å². The Bertz CT molecular complexity index is 320. The van der Waals surface area contributed by atoms with Crippen molar-refractivity contribution in [3.63, 3.8) is 0 Å². The Labute approximate surface area is 114 Å². The van der Waals surface area contributed by atoms with Gasteiger partial charge in [-0.1, -0.05) is 20.8 Å². The largest absolute Gasteiger partial charge is 0.271 e. The monoisotopic (exact) mass is 322 g/mol. The van der Waals surface area contributed by atoms with Crippen molar-refractivity contribution in [2.24, 2.45) is 5.84 Å². The van der Waals surface area contributed by atoms with Crippen LogP contribution in [-0.4, -0.2) is 16.5 Å². The van der Waals surface area contributed by atoms with E-state index < -0.39 is 0 Å². The van der Waals surface area contributed by atoms with Crippen molar-refractivity contribution in [3.8, 4) is 0 Å². The van der Waals surface area contributed by atoms with Crippen LogP contribution >= 0.6 is 39.0 Å². The summed E-state index contributed by atoms with van der Waals surface area (Å²) in [6, 6.07) is 2.51. The lowest BCUT2D eigenvalue weighted by atomic mass is 10.2. The molecule has 16 heavy (non-hydrogen) atoms. The third-order valence-electron chi connectivity index (χ3n) is 2.02. The predicted molar refractivity (Wildman–Crippen MR) is 79.0 cm³/mol. The molecule has 1 unspecified atom stereocenters. The molecule has 0 aromatic carbocycles. The molecule has 92 valence electrons. The lowest BCUT2D eigenvalue weighted by Gasteiger charge is -2.22. The molecule has 0 aliphatic carbocycles. The quantitative estimate of drug-likeness (QED) is 0.644. The number of nitrogens with two attached hydrogens (primary N) is 1. The van der Waals surface area contributed by atoms with E-state index in [4.69, 9.17) is 5.84 Å². The van der Waals surface area contributed by atoms with E-state index in [1.54, 1.807) is 11.3 Å². The summed E-state index contributed by atoms with van der Waals surface area (Å²) in [5.41, 5.74) is 2.90. The fourth-order valence-corrected chi connectivity index (χ4v) is 3.67. The lowest BCUT2D eigenvalue weighted by Crippen LogP contribution is -2.39. The Morgan fingerprint density at radius 2 is 2.25 bits per heavy atom. The molecule has 1 atom stereocenters. The molecule has 1 rings (SSSR count). The highest BCUT2D eigenvalue weighted by Gasteiger charge is 2.15. The molecule has 0 spiro atoms. The number of nitrogens with one attached hydrogen (secondary N) is 1. The molecule has 0 fully saturated rings. The van der Waals surface area contributed by atoms with Gasteiger partial charge in [-0.2, -0.15) is 11.8 Å². The van der Waals surface area contributed by atoms with Gasteiger partial charge in [-0.15, -0.1) is 11.3 Å². The van der Waals surface area contributed by atoms with Gasteiger partial charge in [0.2, 0.25) is 0 Å². The van der Waals surface area contributed by atoms with E-state index in [0.717, 1.165) is 16.6 Å². The van der Waals surface area contributed by atoms with Crippen molar-refractivity contribution < 1.29 is 0 Å². The Morgan fingerprint density at radius 1 is 1.56 bits per heavy atom. The predicted octanol–water partition coefficient (Wildman–Crippen LogP) is 3.42. The van der Waals surface area contributed by atoms with Crippen LogP contribution in [0.4, 0.5) is 0 Å². The zero-order valence-corrected chi connectivity index (χ0v) is 13.1. The molecule has 0 bridgehead atoms. The zero-order valence-electron chi connectivity index (χ0n) is 9.92. The first-order valence-corrected chi connectivity index (χ1v) is 7.89. The molecule has 5 heteroatoms. The van der Waals surface area contributed by atoms with E-state index in [-0.39, 0.29) is 0 Å². The van der Waals surface area contributed by atoms with Crippen LogP contribution in [-0.2, 0) is 6.42 Å². The summed E-state index contributed by atoms with van der Waals surface area (Å²) in [4.78, 5) is 1.37. The summed E-state index contributed by atoms with van der Waals surface area (Å²) >= 11 is 7.19. The van der Waals surface area contributed by atoms with Gasteiger partial charge in [-0.25, -0.2) is 0 Å². The highest BCUT2D eigenvalue weighted by atomic mass is 79.9. The summed E-state index contributed by atoms with van der Waals surface area (Å²) in [7, 11) is 0. The van der Waals surface area contributed by atoms with E-state index >= 15 is 0 Å². The summed E-state index contributed by atoms with van der Waals surface area (Å²) in [6.07, 6.45) is 0.996. The van der Waals surface area contributed by atoms with Gasteiger partial charge >= 0.3 is 0 Å². The topological polar surface area (TPSA) is 38.0 Å². The van der Waals surface area contributed by atoms with Crippen molar-refractivity contribution in [2.45, 2.75) is 38.0 Å². The van der Waals surface area contributed by atoms with Gasteiger partial charge < -0.3 is 0 Å². The molecular weight excluding hydrogens is 304 g/mol. The Morgan fingerprint density at radius 3 is 2.69 bits per heavy atom. The maximum Gasteiger partial charge on any atom is 0.0349 e. The number of hydrogen-bond donors (Lipinski definition) is 2. The zero-order chi connectivity index (χ0) is 12.2. The molecule has 0 amide bonds. The van der Waals surface area contributed by atoms with Crippen LogP contribution in [0.3, 0.4) is 0 Å². The smallest absolute Gasteiger partial charge is 0.0349 e. The summed E-state index contributed by atoms with van der Waals surface area (Å²) in [5, 5.41) is 2.11. The van der Waals surface area contributed by atoms with Gasteiger partial charge in [-0.05, 0) is 28.4 Å². The first-order valence-electron chi connectivity index (χ1n) is 5.24. The minimum Gasteiger partial charge on any atom is -0.271 e. The fourth-order valence-electron chi connectivity index (χ4n) is 1.22. The Balaban J connectivity index is 2.43. The van der Waals surface area contributed by atoms with Gasteiger partial charge in [0, 0.05) is 31.3 Å². The van der Waals surface area contributed by atoms with Crippen LogP contribution in [0.5, 0.6) is 0 Å². The van der Waals surface area contributed by atoms with Gasteiger partial charge in [0.1, 0.15) is 0 Å². The molecule has 0 aliphatic heterocycles. The third kappa shape index (κ3) is 5.68. The van der Waals surface area contributed by atoms with Crippen LogP contribution in [0, 0.1) is 0 Å². The average Bonchev–Trinajstić information content (AvgIpc) is 2.57. The first-order chi connectivity index (χ1) is 7.40. The van der Waals surface area contributed by atoms with Crippen LogP contribution in [0.1, 0.15) is 25.6 Å². The molecule has 2 nitrogen and oxygen atoms in total. The van der Waals surface area contributed by atoms with Gasteiger partial charge in [0.15, 0.2) is 0 Å². The van der Waals surface area contributed by atoms with Crippen LogP contribution in [0.15, 0.2) is 15.9 Å². The molecule has 1 heterocycles. The molecule has 1 aromatic rings. The summed E-state index contributed by atoms with van der Waals surface area (Å²) < 4.78 is 1.46. The second kappa shape index (κ2) is 6.40. The number of rotatable bonds is 5. The first kappa shape index (κ1) is 14.5. The highest BCUT2D eigenvalue weighted by Crippen LogP contribution is 2.26. The van der Waals surface area contributed by atoms with Gasteiger partial charge in [0.05, 0.1) is 0 Å². The maximum absolute atomic E-state index is 5.59. The molecule has 0 aliphatic rings. The molecular formula is C11H19BrN2S2. The number of halogens is 1. The van der Waals surface area contributed by atoms with Gasteiger partial charge in [0.25, 0.3) is 0 Å². The number of thioether (sulfide) groups is 1. The van der Waals surface area contributed by atoms with E-state index in [9.17, 15) is 0 Å².